The summed E-state index contributed by atoms with van der Waals surface area (Å²) in [6, 6.07) is 9.32. The Morgan fingerprint density at radius 1 is 1.25 bits per heavy atom. The molecule has 1 aliphatic heterocycles. The van der Waals surface area contributed by atoms with Gasteiger partial charge in [-0.1, -0.05) is 12.1 Å². The Balaban J connectivity index is 1.45. The Morgan fingerprint density at radius 3 is 2.94 bits per heavy atom. The molecule has 166 valence electrons. The minimum Gasteiger partial charge on any atom is -0.366 e. The van der Waals surface area contributed by atoms with E-state index >= 15 is 0 Å². The number of rotatable bonds is 6. The van der Waals surface area contributed by atoms with Gasteiger partial charge in [-0.2, -0.15) is 13.9 Å². The number of anilines is 1. The van der Waals surface area contributed by atoms with Gasteiger partial charge in [0, 0.05) is 44.0 Å². The van der Waals surface area contributed by atoms with Crippen LogP contribution in [0.3, 0.4) is 0 Å². The second-order valence-corrected chi connectivity index (χ2v) is 11.6. The van der Waals surface area contributed by atoms with Gasteiger partial charge in [0.1, 0.15) is 10.0 Å². The zero-order chi connectivity index (χ0) is 22.1. The summed E-state index contributed by atoms with van der Waals surface area (Å²) in [6.07, 6.45) is 6.96. The average Bonchev–Trinajstić information content (AvgIpc) is 3.49. The molecule has 0 radical (unpaired) electrons. The molecule has 4 aromatic heterocycles. The summed E-state index contributed by atoms with van der Waals surface area (Å²) in [7, 11) is -3.48. The molecule has 1 aliphatic rings. The van der Waals surface area contributed by atoms with Crippen molar-refractivity contribution in [3.63, 3.8) is 0 Å². The molecule has 0 bridgehead atoms. The fraction of sp³-hybridized carbons (Fsp3) is 0.286. The number of piperidine rings is 1. The third-order valence-electron chi connectivity index (χ3n) is 5.54. The zero-order valence-electron chi connectivity index (χ0n) is 17.1. The summed E-state index contributed by atoms with van der Waals surface area (Å²) in [6.45, 7) is 1.53. The highest BCUT2D eigenvalue weighted by Crippen LogP contribution is 2.33. The van der Waals surface area contributed by atoms with E-state index in [2.05, 4.69) is 31.3 Å². The first-order chi connectivity index (χ1) is 15.5. The van der Waals surface area contributed by atoms with Gasteiger partial charge in [-0.15, -0.1) is 11.3 Å². The second-order valence-electron chi connectivity index (χ2n) is 7.64. The summed E-state index contributed by atoms with van der Waals surface area (Å²) in [5.41, 5.74) is 2.61. The number of fused-ring (bicyclic) bond motifs is 1. The van der Waals surface area contributed by atoms with E-state index in [1.54, 1.807) is 38.7 Å². The number of nitrogens with zero attached hydrogens (tertiary/aromatic N) is 5. The van der Waals surface area contributed by atoms with E-state index in [1.807, 2.05) is 24.4 Å². The topological polar surface area (TPSA) is 92.5 Å². The van der Waals surface area contributed by atoms with Gasteiger partial charge in [0.2, 0.25) is 0 Å². The number of sulfonamides is 1. The molecule has 32 heavy (non-hydrogen) atoms. The van der Waals surface area contributed by atoms with Crippen LogP contribution in [0, 0.1) is 0 Å². The number of thiophene rings is 1. The molecule has 1 atom stereocenters. The molecule has 0 amide bonds. The van der Waals surface area contributed by atoms with Gasteiger partial charge in [-0.25, -0.2) is 13.4 Å². The molecule has 0 aliphatic carbocycles. The van der Waals surface area contributed by atoms with Crippen molar-refractivity contribution in [1.29, 1.82) is 0 Å². The van der Waals surface area contributed by atoms with Crippen molar-refractivity contribution in [2.24, 2.45) is 0 Å². The van der Waals surface area contributed by atoms with Crippen LogP contribution in [0.5, 0.6) is 0 Å². The standard InChI is InChI=1S/C21H21BrN6O2S2/c22-17-13-25-28-19(24-12-15-4-1-7-23-11-15)10-18(26-21(17)28)16-5-2-8-27(14-16)32(29,30)20-6-3-9-31-20/h1,3-4,6-7,9-11,13,16,24H,2,5,8,12,14H2. The van der Waals surface area contributed by atoms with Crippen molar-refractivity contribution in [2.45, 2.75) is 29.5 Å². The second kappa shape index (κ2) is 8.89. The van der Waals surface area contributed by atoms with E-state index < -0.39 is 10.0 Å². The predicted molar refractivity (Wildman–Crippen MR) is 127 cm³/mol. The number of nitrogens with one attached hydrogen (secondary N) is 1. The third-order valence-corrected chi connectivity index (χ3v) is 9.33. The maximum atomic E-state index is 13.1. The summed E-state index contributed by atoms with van der Waals surface area (Å²) < 4.78 is 30.6. The fourth-order valence-electron chi connectivity index (χ4n) is 3.92. The van der Waals surface area contributed by atoms with Gasteiger partial charge in [0.25, 0.3) is 10.0 Å². The molecule has 5 rings (SSSR count). The number of pyridine rings is 1. The van der Waals surface area contributed by atoms with Crippen molar-refractivity contribution in [3.8, 4) is 0 Å². The lowest BCUT2D eigenvalue weighted by molar-refractivity contribution is 0.313. The lowest BCUT2D eigenvalue weighted by atomic mass is 9.96. The first-order valence-electron chi connectivity index (χ1n) is 10.2. The van der Waals surface area contributed by atoms with E-state index in [1.165, 1.54) is 11.3 Å². The molecule has 1 unspecified atom stereocenters. The van der Waals surface area contributed by atoms with Gasteiger partial charge < -0.3 is 5.32 Å². The number of halogens is 1. The Bertz CT molecular complexity index is 1330. The van der Waals surface area contributed by atoms with Crippen LogP contribution in [0.1, 0.15) is 30.0 Å². The van der Waals surface area contributed by atoms with Crippen LogP contribution in [-0.4, -0.2) is 45.4 Å². The van der Waals surface area contributed by atoms with E-state index in [0.717, 1.165) is 34.4 Å². The normalized spacial score (nSPS) is 17.6. The molecular formula is C21H21BrN6O2S2. The Morgan fingerprint density at radius 2 is 2.16 bits per heavy atom. The molecule has 1 saturated heterocycles. The van der Waals surface area contributed by atoms with Gasteiger partial charge in [-0.05, 0) is 51.8 Å². The number of hydrogen-bond acceptors (Lipinski definition) is 7. The molecule has 11 heteroatoms. The summed E-state index contributed by atoms with van der Waals surface area (Å²) in [4.78, 5) is 9.00. The van der Waals surface area contributed by atoms with Crippen LogP contribution in [0.15, 0.2) is 63.0 Å². The van der Waals surface area contributed by atoms with Crippen molar-refractivity contribution in [1.82, 2.24) is 23.9 Å². The predicted octanol–water partition coefficient (Wildman–Crippen LogP) is 4.13. The Labute approximate surface area is 198 Å². The van der Waals surface area contributed by atoms with Gasteiger partial charge >= 0.3 is 0 Å². The molecule has 0 aromatic carbocycles. The average molecular weight is 533 g/mol. The zero-order valence-corrected chi connectivity index (χ0v) is 20.3. The summed E-state index contributed by atoms with van der Waals surface area (Å²) in [5, 5.41) is 9.65. The van der Waals surface area contributed by atoms with Crippen molar-refractivity contribution in [2.75, 3.05) is 18.4 Å². The maximum Gasteiger partial charge on any atom is 0.252 e. The molecule has 0 saturated carbocycles. The largest absolute Gasteiger partial charge is 0.366 e. The molecule has 5 heterocycles. The Kier molecular flexibility index (Phi) is 5.97. The Hall–Kier alpha value is -2.34. The number of hydrogen-bond donors (Lipinski definition) is 1. The van der Waals surface area contributed by atoms with E-state index in [-0.39, 0.29) is 5.92 Å². The van der Waals surface area contributed by atoms with Crippen LogP contribution < -0.4 is 5.32 Å². The highest BCUT2D eigenvalue weighted by Gasteiger charge is 2.32. The van der Waals surface area contributed by atoms with E-state index in [4.69, 9.17) is 4.98 Å². The SMILES string of the molecule is O=S(=O)(c1cccs1)N1CCCC(c2cc(NCc3cccnc3)n3ncc(Br)c3n2)C1. The molecular weight excluding hydrogens is 512 g/mol. The first kappa shape index (κ1) is 21.5. The van der Waals surface area contributed by atoms with E-state index in [9.17, 15) is 8.42 Å². The van der Waals surface area contributed by atoms with Crippen LogP contribution >= 0.6 is 27.3 Å². The minimum atomic E-state index is -3.48. The highest BCUT2D eigenvalue weighted by atomic mass is 79.9. The van der Waals surface area contributed by atoms with Gasteiger partial charge in [0.15, 0.2) is 5.65 Å². The molecule has 8 nitrogen and oxygen atoms in total. The minimum absolute atomic E-state index is 0.00392. The summed E-state index contributed by atoms with van der Waals surface area (Å²) in [5.74, 6) is 0.807. The molecule has 0 spiro atoms. The van der Waals surface area contributed by atoms with Crippen molar-refractivity contribution >= 4 is 48.8 Å². The van der Waals surface area contributed by atoms with Crippen LogP contribution in [0.2, 0.25) is 0 Å². The smallest absolute Gasteiger partial charge is 0.252 e. The highest BCUT2D eigenvalue weighted by molar-refractivity contribution is 9.10. The maximum absolute atomic E-state index is 13.1. The van der Waals surface area contributed by atoms with Crippen molar-refractivity contribution in [3.05, 3.63) is 70.0 Å². The van der Waals surface area contributed by atoms with Crippen LogP contribution in [0.25, 0.3) is 5.65 Å². The number of aromatic nitrogens is 4. The fourth-order valence-corrected chi connectivity index (χ4v) is 6.94. The molecule has 4 aromatic rings. The van der Waals surface area contributed by atoms with Gasteiger partial charge in [-0.3, -0.25) is 4.98 Å². The lowest BCUT2D eigenvalue weighted by Gasteiger charge is -2.31. The first-order valence-corrected chi connectivity index (χ1v) is 13.3. The van der Waals surface area contributed by atoms with E-state index in [0.29, 0.717) is 29.5 Å². The van der Waals surface area contributed by atoms with Crippen LogP contribution in [0.4, 0.5) is 5.82 Å². The van der Waals surface area contributed by atoms with Crippen molar-refractivity contribution < 1.29 is 8.42 Å². The summed E-state index contributed by atoms with van der Waals surface area (Å²) >= 11 is 4.79. The lowest BCUT2D eigenvalue weighted by Crippen LogP contribution is -2.39. The quantitative estimate of drug-likeness (QED) is 0.401. The monoisotopic (exact) mass is 532 g/mol. The third kappa shape index (κ3) is 4.17. The molecule has 1 N–H and O–H groups in total. The van der Waals surface area contributed by atoms with Gasteiger partial charge in [0.05, 0.1) is 16.4 Å². The van der Waals surface area contributed by atoms with Crippen LogP contribution in [-0.2, 0) is 16.6 Å². The molecule has 1 fully saturated rings.